The summed E-state index contributed by atoms with van der Waals surface area (Å²) in [5.41, 5.74) is 6.36. The van der Waals surface area contributed by atoms with Crippen molar-refractivity contribution in [3.63, 3.8) is 0 Å². The van der Waals surface area contributed by atoms with E-state index < -0.39 is 0 Å². The largest absolute Gasteiger partial charge is 0.329 e. The van der Waals surface area contributed by atoms with Gasteiger partial charge in [-0.3, -0.25) is 4.90 Å². The minimum atomic E-state index is 0.287. The Balaban J connectivity index is 1.93. The summed E-state index contributed by atoms with van der Waals surface area (Å²) in [6, 6.07) is 0. The lowest BCUT2D eigenvalue weighted by atomic mass is 9.76. The van der Waals surface area contributed by atoms with E-state index in [1.54, 1.807) is 0 Å². The molecule has 1 saturated heterocycles. The van der Waals surface area contributed by atoms with E-state index in [9.17, 15) is 0 Å². The maximum Gasteiger partial charge on any atom is 0.0306 e. The van der Waals surface area contributed by atoms with Crippen LogP contribution < -0.4 is 5.73 Å². The Morgan fingerprint density at radius 3 is 2.12 bits per heavy atom. The number of likely N-dealkylation sites (tertiary alicyclic amines) is 1. The highest BCUT2D eigenvalue weighted by molar-refractivity contribution is 4.92. The average Bonchev–Trinajstić information content (AvgIpc) is 2.52. The molecule has 0 aromatic carbocycles. The second-order valence-electron chi connectivity index (χ2n) is 6.10. The van der Waals surface area contributed by atoms with Crippen LogP contribution in [-0.4, -0.2) is 30.1 Å². The highest BCUT2D eigenvalue weighted by Crippen LogP contribution is 2.36. The molecule has 0 radical (unpaired) electrons. The highest BCUT2D eigenvalue weighted by Gasteiger charge is 2.34. The highest BCUT2D eigenvalue weighted by atomic mass is 15.2. The molecule has 1 aliphatic heterocycles. The van der Waals surface area contributed by atoms with E-state index in [0.29, 0.717) is 0 Å². The third kappa shape index (κ3) is 2.78. The first-order valence-corrected chi connectivity index (χ1v) is 7.20. The number of hydrogen-bond acceptors (Lipinski definition) is 2. The van der Waals surface area contributed by atoms with E-state index in [1.807, 2.05) is 0 Å². The molecule has 2 aliphatic rings. The summed E-state index contributed by atoms with van der Waals surface area (Å²) in [4.78, 5) is 2.69. The molecule has 2 nitrogen and oxygen atoms in total. The van der Waals surface area contributed by atoms with Crippen LogP contribution in [0, 0.1) is 5.92 Å². The van der Waals surface area contributed by atoms with Gasteiger partial charge < -0.3 is 5.73 Å². The molecule has 2 heteroatoms. The summed E-state index contributed by atoms with van der Waals surface area (Å²) in [5.74, 6) is 0.969. The molecule has 1 heterocycles. The van der Waals surface area contributed by atoms with Crippen molar-refractivity contribution < 1.29 is 0 Å². The van der Waals surface area contributed by atoms with Crippen LogP contribution in [0.15, 0.2) is 0 Å². The number of nitrogens with zero attached hydrogens (tertiary/aromatic N) is 1. The van der Waals surface area contributed by atoms with Crippen LogP contribution in [0.25, 0.3) is 0 Å². The summed E-state index contributed by atoms with van der Waals surface area (Å²) < 4.78 is 0. The number of nitrogens with two attached hydrogens (primary N) is 1. The second-order valence-corrected chi connectivity index (χ2v) is 6.10. The molecule has 1 saturated carbocycles. The van der Waals surface area contributed by atoms with Crippen LogP contribution in [0.3, 0.4) is 0 Å². The zero-order chi connectivity index (χ0) is 11.4. The molecule has 94 valence electrons. The van der Waals surface area contributed by atoms with E-state index >= 15 is 0 Å². The second kappa shape index (κ2) is 5.50. The van der Waals surface area contributed by atoms with Crippen molar-refractivity contribution in [1.82, 2.24) is 4.90 Å². The van der Waals surface area contributed by atoms with Gasteiger partial charge in [-0.1, -0.05) is 32.1 Å². The first-order valence-electron chi connectivity index (χ1n) is 7.20. The van der Waals surface area contributed by atoms with Gasteiger partial charge in [0.15, 0.2) is 0 Å². The third-order valence-corrected chi connectivity index (χ3v) is 4.76. The van der Waals surface area contributed by atoms with Gasteiger partial charge in [-0.15, -0.1) is 0 Å². The molecule has 2 rings (SSSR count). The predicted molar refractivity (Wildman–Crippen MR) is 69.5 cm³/mol. The van der Waals surface area contributed by atoms with Crippen molar-refractivity contribution in [2.75, 3.05) is 19.6 Å². The molecular formula is C14H28N2. The lowest BCUT2D eigenvalue weighted by Crippen LogP contribution is -2.53. The minimum absolute atomic E-state index is 0.287. The first-order chi connectivity index (χ1) is 7.74. The standard InChI is InChI=1S/C14H28N2/c1-14(12-15,11-13-7-6-8-13)16-9-4-2-3-5-10-16/h13H,2-12,15H2,1H3. The van der Waals surface area contributed by atoms with Crippen LogP contribution in [-0.2, 0) is 0 Å². The van der Waals surface area contributed by atoms with Gasteiger partial charge in [-0.05, 0) is 45.2 Å². The SMILES string of the molecule is CC(CN)(CC1CCC1)N1CCCCCC1. The molecule has 1 aliphatic carbocycles. The monoisotopic (exact) mass is 224 g/mol. The van der Waals surface area contributed by atoms with Crippen molar-refractivity contribution in [1.29, 1.82) is 0 Å². The molecule has 2 fully saturated rings. The van der Waals surface area contributed by atoms with Gasteiger partial charge >= 0.3 is 0 Å². The normalized spacial score (nSPS) is 28.1. The van der Waals surface area contributed by atoms with Gasteiger partial charge in [0.1, 0.15) is 0 Å². The number of hydrogen-bond donors (Lipinski definition) is 1. The molecule has 0 spiro atoms. The van der Waals surface area contributed by atoms with Crippen LogP contribution in [0.4, 0.5) is 0 Å². The summed E-state index contributed by atoms with van der Waals surface area (Å²) in [7, 11) is 0. The fourth-order valence-electron chi connectivity index (χ4n) is 3.27. The minimum Gasteiger partial charge on any atom is -0.329 e. The van der Waals surface area contributed by atoms with E-state index in [1.165, 1.54) is 64.5 Å². The molecule has 0 aromatic heterocycles. The molecule has 0 aromatic rings. The Bertz CT molecular complexity index is 205. The molecule has 1 atom stereocenters. The van der Waals surface area contributed by atoms with Gasteiger partial charge in [0.05, 0.1) is 0 Å². The van der Waals surface area contributed by atoms with Crippen molar-refractivity contribution in [3.8, 4) is 0 Å². The van der Waals surface area contributed by atoms with Crippen molar-refractivity contribution in [2.45, 2.75) is 63.8 Å². The van der Waals surface area contributed by atoms with Gasteiger partial charge in [0.25, 0.3) is 0 Å². The quantitative estimate of drug-likeness (QED) is 0.795. The zero-order valence-corrected chi connectivity index (χ0v) is 10.9. The number of rotatable bonds is 4. The van der Waals surface area contributed by atoms with Gasteiger partial charge in [0.2, 0.25) is 0 Å². The average molecular weight is 224 g/mol. The van der Waals surface area contributed by atoms with Crippen LogP contribution in [0.2, 0.25) is 0 Å². The van der Waals surface area contributed by atoms with Crippen molar-refractivity contribution in [3.05, 3.63) is 0 Å². The maximum absolute atomic E-state index is 6.07. The molecular weight excluding hydrogens is 196 g/mol. The van der Waals surface area contributed by atoms with Gasteiger partial charge in [-0.25, -0.2) is 0 Å². The van der Waals surface area contributed by atoms with Crippen molar-refractivity contribution in [2.24, 2.45) is 11.7 Å². The van der Waals surface area contributed by atoms with Crippen LogP contribution in [0.1, 0.15) is 58.3 Å². The summed E-state index contributed by atoms with van der Waals surface area (Å²) >= 11 is 0. The maximum atomic E-state index is 6.07. The lowest BCUT2D eigenvalue weighted by molar-refractivity contribution is 0.0710. The lowest BCUT2D eigenvalue weighted by Gasteiger charge is -2.44. The molecule has 16 heavy (non-hydrogen) atoms. The first kappa shape index (κ1) is 12.4. The molecule has 0 bridgehead atoms. The van der Waals surface area contributed by atoms with E-state index in [0.717, 1.165) is 12.5 Å². The summed E-state index contributed by atoms with van der Waals surface area (Å²) in [5, 5.41) is 0. The van der Waals surface area contributed by atoms with Crippen molar-refractivity contribution >= 4 is 0 Å². The summed E-state index contributed by atoms with van der Waals surface area (Å²) in [6.45, 7) is 5.79. The Labute approximate surface area is 101 Å². The molecule has 0 amide bonds. The fraction of sp³-hybridized carbons (Fsp3) is 1.00. The Morgan fingerprint density at radius 1 is 1.06 bits per heavy atom. The van der Waals surface area contributed by atoms with E-state index in [-0.39, 0.29) is 5.54 Å². The zero-order valence-electron chi connectivity index (χ0n) is 10.9. The van der Waals surface area contributed by atoms with Crippen LogP contribution in [0.5, 0.6) is 0 Å². The Kier molecular flexibility index (Phi) is 4.26. The summed E-state index contributed by atoms with van der Waals surface area (Å²) in [6.07, 6.45) is 11.3. The van der Waals surface area contributed by atoms with Gasteiger partial charge in [0, 0.05) is 12.1 Å². The topological polar surface area (TPSA) is 29.3 Å². The predicted octanol–water partition coefficient (Wildman–Crippen LogP) is 2.77. The van der Waals surface area contributed by atoms with Crippen LogP contribution >= 0.6 is 0 Å². The third-order valence-electron chi connectivity index (χ3n) is 4.76. The van der Waals surface area contributed by atoms with E-state index in [4.69, 9.17) is 5.73 Å². The van der Waals surface area contributed by atoms with E-state index in [2.05, 4.69) is 11.8 Å². The smallest absolute Gasteiger partial charge is 0.0306 e. The molecule has 2 N–H and O–H groups in total. The Hall–Kier alpha value is -0.0800. The Morgan fingerprint density at radius 2 is 1.69 bits per heavy atom. The molecule has 1 unspecified atom stereocenters. The van der Waals surface area contributed by atoms with Gasteiger partial charge in [-0.2, -0.15) is 0 Å². The fourth-order valence-corrected chi connectivity index (χ4v) is 3.27.